The molecule has 17 heavy (non-hydrogen) atoms. The lowest BCUT2D eigenvalue weighted by Gasteiger charge is -2.07. The van der Waals surface area contributed by atoms with Crippen molar-refractivity contribution in [1.29, 1.82) is 0 Å². The van der Waals surface area contributed by atoms with E-state index in [-0.39, 0.29) is 0 Å². The second kappa shape index (κ2) is 8.63. The first-order chi connectivity index (χ1) is 8.38. The Morgan fingerprint density at radius 1 is 1.24 bits per heavy atom. The van der Waals surface area contributed by atoms with Crippen LogP contribution < -0.4 is 10.5 Å². The van der Waals surface area contributed by atoms with Crippen LogP contribution >= 0.6 is 0 Å². The average molecular weight is 233 g/mol. The van der Waals surface area contributed by atoms with Crippen LogP contribution in [-0.4, -0.2) is 26.4 Å². The maximum Gasteiger partial charge on any atom is 0.134 e. The van der Waals surface area contributed by atoms with E-state index in [0.29, 0.717) is 13.2 Å². The molecule has 0 amide bonds. The van der Waals surface area contributed by atoms with Crippen molar-refractivity contribution in [3.8, 4) is 17.6 Å². The third-order valence-electron chi connectivity index (χ3n) is 2.11. The summed E-state index contributed by atoms with van der Waals surface area (Å²) >= 11 is 0. The molecule has 0 saturated carbocycles. The van der Waals surface area contributed by atoms with E-state index in [4.69, 9.17) is 15.2 Å². The molecular weight excluding hydrogens is 214 g/mol. The van der Waals surface area contributed by atoms with Crippen LogP contribution in [0, 0.1) is 11.8 Å². The second-order valence-corrected chi connectivity index (χ2v) is 3.40. The Balaban J connectivity index is 2.46. The Morgan fingerprint density at radius 3 is 2.82 bits per heavy atom. The SMILES string of the molecule is CCOCCCOc1ccccc1C#CCN. The molecule has 1 rings (SSSR count). The van der Waals surface area contributed by atoms with Crippen LogP contribution in [0.5, 0.6) is 5.75 Å². The van der Waals surface area contributed by atoms with Gasteiger partial charge in [0.15, 0.2) is 0 Å². The largest absolute Gasteiger partial charge is 0.492 e. The molecule has 1 aromatic carbocycles. The summed E-state index contributed by atoms with van der Waals surface area (Å²) in [6, 6.07) is 7.72. The van der Waals surface area contributed by atoms with E-state index in [1.807, 2.05) is 31.2 Å². The normalized spacial score (nSPS) is 9.53. The first kappa shape index (κ1) is 13.6. The minimum absolute atomic E-state index is 0.360. The van der Waals surface area contributed by atoms with Gasteiger partial charge >= 0.3 is 0 Å². The third kappa shape index (κ3) is 5.39. The molecule has 0 heterocycles. The Bertz CT molecular complexity index is 379. The van der Waals surface area contributed by atoms with E-state index >= 15 is 0 Å². The minimum atomic E-state index is 0.360. The monoisotopic (exact) mass is 233 g/mol. The van der Waals surface area contributed by atoms with E-state index in [1.54, 1.807) is 0 Å². The van der Waals surface area contributed by atoms with Gasteiger partial charge in [-0.3, -0.25) is 0 Å². The number of hydrogen-bond donors (Lipinski definition) is 1. The Hall–Kier alpha value is -1.50. The van der Waals surface area contributed by atoms with E-state index in [0.717, 1.165) is 30.9 Å². The van der Waals surface area contributed by atoms with E-state index in [9.17, 15) is 0 Å². The summed E-state index contributed by atoms with van der Waals surface area (Å²) in [5.41, 5.74) is 6.23. The number of nitrogens with two attached hydrogens (primary N) is 1. The molecule has 3 heteroatoms. The van der Waals surface area contributed by atoms with Gasteiger partial charge in [0.05, 0.1) is 18.7 Å². The highest BCUT2D eigenvalue weighted by Crippen LogP contribution is 2.16. The van der Waals surface area contributed by atoms with Crippen molar-refractivity contribution in [1.82, 2.24) is 0 Å². The fourth-order valence-electron chi connectivity index (χ4n) is 1.33. The molecule has 92 valence electrons. The van der Waals surface area contributed by atoms with Gasteiger partial charge in [-0.15, -0.1) is 0 Å². The van der Waals surface area contributed by atoms with Crippen LogP contribution in [-0.2, 0) is 4.74 Å². The fraction of sp³-hybridized carbons (Fsp3) is 0.429. The van der Waals surface area contributed by atoms with Crippen molar-refractivity contribution in [3.05, 3.63) is 29.8 Å². The summed E-state index contributed by atoms with van der Waals surface area (Å²) in [6.45, 7) is 4.46. The zero-order valence-corrected chi connectivity index (χ0v) is 10.2. The Kier molecular flexibility index (Phi) is 6.89. The lowest BCUT2D eigenvalue weighted by Crippen LogP contribution is -2.03. The van der Waals surface area contributed by atoms with Gasteiger partial charge in [-0.05, 0) is 19.1 Å². The summed E-state index contributed by atoms with van der Waals surface area (Å²) in [7, 11) is 0. The Labute approximate surface area is 103 Å². The van der Waals surface area contributed by atoms with Crippen molar-refractivity contribution in [2.75, 3.05) is 26.4 Å². The molecule has 0 saturated heterocycles. The molecule has 0 aliphatic rings. The summed E-state index contributed by atoms with van der Waals surface area (Å²) in [6.07, 6.45) is 0.881. The fourth-order valence-corrected chi connectivity index (χ4v) is 1.33. The second-order valence-electron chi connectivity index (χ2n) is 3.40. The molecule has 3 nitrogen and oxygen atoms in total. The van der Waals surface area contributed by atoms with E-state index in [1.165, 1.54) is 0 Å². The van der Waals surface area contributed by atoms with Gasteiger partial charge in [-0.2, -0.15) is 0 Å². The van der Waals surface area contributed by atoms with Gasteiger partial charge in [0.25, 0.3) is 0 Å². The molecule has 1 aromatic rings. The molecule has 0 spiro atoms. The van der Waals surface area contributed by atoms with Gasteiger partial charge in [-0.25, -0.2) is 0 Å². The Morgan fingerprint density at radius 2 is 2.06 bits per heavy atom. The van der Waals surface area contributed by atoms with Gasteiger partial charge < -0.3 is 15.2 Å². The highest BCUT2D eigenvalue weighted by atomic mass is 16.5. The van der Waals surface area contributed by atoms with Gasteiger partial charge in [0, 0.05) is 19.6 Å². The van der Waals surface area contributed by atoms with Crippen molar-refractivity contribution in [3.63, 3.8) is 0 Å². The third-order valence-corrected chi connectivity index (χ3v) is 2.11. The molecular formula is C14H19NO2. The zero-order valence-electron chi connectivity index (χ0n) is 10.2. The highest BCUT2D eigenvalue weighted by molar-refractivity contribution is 5.45. The predicted octanol–water partition coefficient (Wildman–Crippen LogP) is 1.80. The number of benzene rings is 1. The van der Waals surface area contributed by atoms with Crippen LogP contribution in [0.2, 0.25) is 0 Å². The van der Waals surface area contributed by atoms with Crippen LogP contribution in [0.3, 0.4) is 0 Å². The van der Waals surface area contributed by atoms with Crippen LogP contribution in [0.15, 0.2) is 24.3 Å². The topological polar surface area (TPSA) is 44.5 Å². The lowest BCUT2D eigenvalue weighted by atomic mass is 10.2. The van der Waals surface area contributed by atoms with E-state index in [2.05, 4.69) is 11.8 Å². The first-order valence-electron chi connectivity index (χ1n) is 5.87. The maximum absolute atomic E-state index is 5.66. The summed E-state index contributed by atoms with van der Waals surface area (Å²) < 4.78 is 10.9. The highest BCUT2D eigenvalue weighted by Gasteiger charge is 1.99. The van der Waals surface area contributed by atoms with Crippen molar-refractivity contribution in [2.24, 2.45) is 5.73 Å². The van der Waals surface area contributed by atoms with Gasteiger partial charge in [-0.1, -0.05) is 24.0 Å². The van der Waals surface area contributed by atoms with E-state index < -0.39 is 0 Å². The molecule has 0 aromatic heterocycles. The van der Waals surface area contributed by atoms with Crippen LogP contribution in [0.1, 0.15) is 18.9 Å². The quantitative estimate of drug-likeness (QED) is 0.602. The summed E-state index contributed by atoms with van der Waals surface area (Å²) in [5, 5.41) is 0. The number of rotatable bonds is 6. The van der Waals surface area contributed by atoms with Crippen LogP contribution in [0.25, 0.3) is 0 Å². The number of para-hydroxylation sites is 1. The minimum Gasteiger partial charge on any atom is -0.492 e. The number of hydrogen-bond acceptors (Lipinski definition) is 3. The average Bonchev–Trinajstić information content (AvgIpc) is 2.37. The molecule has 0 aliphatic heterocycles. The molecule has 0 fully saturated rings. The zero-order chi connectivity index (χ0) is 12.3. The molecule has 0 bridgehead atoms. The summed E-state index contributed by atoms with van der Waals surface area (Å²) in [5.74, 6) is 6.63. The molecule has 2 N–H and O–H groups in total. The maximum atomic E-state index is 5.66. The molecule has 0 radical (unpaired) electrons. The first-order valence-corrected chi connectivity index (χ1v) is 5.87. The molecule has 0 unspecified atom stereocenters. The summed E-state index contributed by atoms with van der Waals surface area (Å²) in [4.78, 5) is 0. The van der Waals surface area contributed by atoms with Gasteiger partial charge in [0.1, 0.15) is 5.75 Å². The molecule has 0 aliphatic carbocycles. The van der Waals surface area contributed by atoms with Crippen LogP contribution in [0.4, 0.5) is 0 Å². The van der Waals surface area contributed by atoms with Crippen molar-refractivity contribution in [2.45, 2.75) is 13.3 Å². The van der Waals surface area contributed by atoms with Gasteiger partial charge in [0.2, 0.25) is 0 Å². The van der Waals surface area contributed by atoms with Crippen molar-refractivity contribution < 1.29 is 9.47 Å². The molecule has 0 atom stereocenters. The smallest absolute Gasteiger partial charge is 0.134 e. The van der Waals surface area contributed by atoms with Crippen molar-refractivity contribution >= 4 is 0 Å². The lowest BCUT2D eigenvalue weighted by molar-refractivity contribution is 0.131. The predicted molar refractivity (Wildman–Crippen MR) is 69.0 cm³/mol. The standard InChI is InChI=1S/C14H19NO2/c1-2-16-11-6-12-17-14-9-4-3-7-13(14)8-5-10-15/h3-4,7,9H,2,6,10-12,15H2,1H3. The number of ether oxygens (including phenoxy) is 2.